The van der Waals surface area contributed by atoms with Crippen LogP contribution in [0.25, 0.3) is 0 Å². The van der Waals surface area contributed by atoms with Gasteiger partial charge in [-0.3, -0.25) is 9.59 Å². The highest BCUT2D eigenvalue weighted by Gasteiger charge is 2.54. The lowest BCUT2D eigenvalue weighted by atomic mass is 9.61. The minimum atomic E-state index is -0.618. The standard InChI is InChI=1S/C19H30O4/c1-17(2)12-22-19(23-13-17)9-8-14-10-15(20)6-4-5-7-16(21)18(14,3)11-19/h14H,4-13H2,1-3H3/t14-,18-/m0/s1. The molecule has 0 bridgehead atoms. The van der Waals surface area contributed by atoms with E-state index < -0.39 is 11.2 Å². The number of carbonyl (C=O) groups is 2. The molecule has 3 rings (SSSR count). The zero-order chi connectivity index (χ0) is 16.7. The van der Waals surface area contributed by atoms with Gasteiger partial charge in [-0.1, -0.05) is 20.8 Å². The van der Waals surface area contributed by atoms with E-state index in [-0.39, 0.29) is 11.3 Å². The highest BCUT2D eigenvalue weighted by atomic mass is 16.7. The van der Waals surface area contributed by atoms with Gasteiger partial charge in [0.15, 0.2) is 5.79 Å². The molecule has 3 aliphatic rings. The third kappa shape index (κ3) is 3.39. The molecule has 2 saturated carbocycles. The van der Waals surface area contributed by atoms with Crippen LogP contribution < -0.4 is 0 Å². The van der Waals surface area contributed by atoms with E-state index in [1.165, 1.54) is 0 Å². The summed E-state index contributed by atoms with van der Waals surface area (Å²) in [6.07, 6.45) is 5.68. The Balaban J connectivity index is 1.82. The molecule has 1 saturated heterocycles. The fraction of sp³-hybridized carbons (Fsp3) is 0.895. The van der Waals surface area contributed by atoms with Gasteiger partial charge in [0.05, 0.1) is 13.2 Å². The predicted octanol–water partition coefficient (Wildman–Crippen LogP) is 3.66. The van der Waals surface area contributed by atoms with Crippen LogP contribution in [0.15, 0.2) is 0 Å². The summed E-state index contributed by atoms with van der Waals surface area (Å²) in [5.41, 5.74) is -0.457. The smallest absolute Gasteiger partial charge is 0.169 e. The van der Waals surface area contributed by atoms with Crippen molar-refractivity contribution in [3.8, 4) is 0 Å². The molecule has 0 unspecified atom stereocenters. The van der Waals surface area contributed by atoms with Gasteiger partial charge in [-0.2, -0.15) is 0 Å². The Morgan fingerprint density at radius 1 is 1.00 bits per heavy atom. The van der Waals surface area contributed by atoms with Crippen molar-refractivity contribution in [3.05, 3.63) is 0 Å². The van der Waals surface area contributed by atoms with Crippen molar-refractivity contribution in [2.75, 3.05) is 13.2 Å². The van der Waals surface area contributed by atoms with Crippen molar-refractivity contribution in [1.29, 1.82) is 0 Å². The number of hydrogen-bond acceptors (Lipinski definition) is 4. The zero-order valence-corrected chi connectivity index (χ0v) is 14.8. The van der Waals surface area contributed by atoms with E-state index in [4.69, 9.17) is 9.47 Å². The second-order valence-electron chi connectivity index (χ2n) is 8.86. The maximum absolute atomic E-state index is 12.9. The number of Topliss-reactive ketones (excluding diaryl/α,β-unsaturated/α-hetero) is 2. The Morgan fingerprint density at radius 2 is 1.65 bits per heavy atom. The Hall–Kier alpha value is -0.740. The number of hydrogen-bond donors (Lipinski definition) is 0. The molecule has 4 nitrogen and oxygen atoms in total. The molecule has 0 amide bonds. The minimum absolute atomic E-state index is 0.0292. The molecule has 0 aromatic carbocycles. The van der Waals surface area contributed by atoms with Crippen molar-refractivity contribution in [2.24, 2.45) is 16.7 Å². The molecule has 1 heterocycles. The van der Waals surface area contributed by atoms with E-state index in [1.54, 1.807) is 0 Å². The van der Waals surface area contributed by atoms with Gasteiger partial charge in [0.25, 0.3) is 0 Å². The highest BCUT2D eigenvalue weighted by molar-refractivity contribution is 5.87. The lowest BCUT2D eigenvalue weighted by Gasteiger charge is -2.52. The fourth-order valence-electron chi connectivity index (χ4n) is 4.41. The summed E-state index contributed by atoms with van der Waals surface area (Å²) >= 11 is 0. The summed E-state index contributed by atoms with van der Waals surface area (Å²) in [5.74, 6) is 0.147. The summed E-state index contributed by atoms with van der Waals surface area (Å²) in [6.45, 7) is 7.65. The minimum Gasteiger partial charge on any atom is -0.349 e. The van der Waals surface area contributed by atoms with Gasteiger partial charge in [0.1, 0.15) is 11.6 Å². The maximum Gasteiger partial charge on any atom is 0.169 e. The predicted molar refractivity (Wildman–Crippen MR) is 87.0 cm³/mol. The molecule has 4 heteroatoms. The van der Waals surface area contributed by atoms with Crippen molar-refractivity contribution in [1.82, 2.24) is 0 Å². The summed E-state index contributed by atoms with van der Waals surface area (Å²) in [5, 5.41) is 0. The van der Waals surface area contributed by atoms with Gasteiger partial charge in [-0.25, -0.2) is 0 Å². The van der Waals surface area contributed by atoms with Gasteiger partial charge in [0, 0.05) is 42.9 Å². The lowest BCUT2D eigenvalue weighted by Crippen LogP contribution is -2.56. The first-order valence-electron chi connectivity index (χ1n) is 9.08. The summed E-state index contributed by atoms with van der Waals surface area (Å²) < 4.78 is 12.3. The van der Waals surface area contributed by atoms with Gasteiger partial charge in [-0.15, -0.1) is 0 Å². The van der Waals surface area contributed by atoms with Crippen LogP contribution in [0.1, 0.15) is 72.1 Å². The van der Waals surface area contributed by atoms with E-state index in [0.717, 1.165) is 25.7 Å². The van der Waals surface area contributed by atoms with Crippen molar-refractivity contribution in [2.45, 2.75) is 77.9 Å². The van der Waals surface area contributed by atoms with E-state index >= 15 is 0 Å². The first-order valence-corrected chi connectivity index (χ1v) is 9.08. The number of rotatable bonds is 0. The molecular formula is C19H30O4. The number of fused-ring (bicyclic) bond motifs is 1. The average Bonchev–Trinajstić information content (AvgIpc) is 2.54. The van der Waals surface area contributed by atoms with Crippen LogP contribution in [0.5, 0.6) is 0 Å². The Labute approximate surface area is 139 Å². The maximum atomic E-state index is 12.9. The molecule has 130 valence electrons. The molecule has 0 radical (unpaired) electrons. The zero-order valence-electron chi connectivity index (χ0n) is 14.8. The third-order valence-corrected chi connectivity index (χ3v) is 6.08. The molecule has 2 atom stereocenters. The number of ether oxygens (including phenoxy) is 2. The number of carbonyl (C=O) groups excluding carboxylic acids is 2. The molecule has 0 aromatic heterocycles. The third-order valence-electron chi connectivity index (χ3n) is 6.08. The largest absolute Gasteiger partial charge is 0.349 e. The van der Waals surface area contributed by atoms with Crippen molar-refractivity contribution in [3.63, 3.8) is 0 Å². The summed E-state index contributed by atoms with van der Waals surface area (Å²) in [7, 11) is 0. The van der Waals surface area contributed by atoms with E-state index in [1.807, 2.05) is 6.92 Å². The second-order valence-corrected chi connectivity index (χ2v) is 8.86. The first kappa shape index (κ1) is 17.1. The van der Waals surface area contributed by atoms with Gasteiger partial charge in [-0.05, 0) is 25.2 Å². The van der Waals surface area contributed by atoms with Crippen LogP contribution >= 0.6 is 0 Å². The Morgan fingerprint density at radius 3 is 2.35 bits per heavy atom. The molecule has 0 N–H and O–H groups in total. The van der Waals surface area contributed by atoms with Crippen LogP contribution in [-0.4, -0.2) is 30.6 Å². The van der Waals surface area contributed by atoms with Crippen LogP contribution in [0.2, 0.25) is 0 Å². The summed E-state index contributed by atoms with van der Waals surface area (Å²) in [6, 6.07) is 0. The quantitative estimate of drug-likeness (QED) is 0.683. The molecule has 0 aromatic rings. The number of ketones is 2. The molecule has 3 fully saturated rings. The van der Waals surface area contributed by atoms with E-state index in [9.17, 15) is 9.59 Å². The topological polar surface area (TPSA) is 52.6 Å². The van der Waals surface area contributed by atoms with Gasteiger partial charge in [0.2, 0.25) is 0 Å². The molecule has 23 heavy (non-hydrogen) atoms. The molecule has 2 aliphatic carbocycles. The summed E-state index contributed by atoms with van der Waals surface area (Å²) in [4.78, 5) is 25.1. The SMILES string of the molecule is CC1(C)COC2(CC[C@H]3CC(=O)CCCCC(=O)[C@@]3(C)C2)OC1. The molecular weight excluding hydrogens is 292 g/mol. The van der Waals surface area contributed by atoms with Crippen molar-refractivity contribution < 1.29 is 19.1 Å². The van der Waals surface area contributed by atoms with Crippen molar-refractivity contribution >= 4 is 11.6 Å². The van der Waals surface area contributed by atoms with Crippen LogP contribution in [0.3, 0.4) is 0 Å². The molecule has 1 spiro atoms. The molecule has 1 aliphatic heterocycles. The second kappa shape index (κ2) is 5.96. The lowest BCUT2D eigenvalue weighted by molar-refractivity contribution is -0.323. The van der Waals surface area contributed by atoms with Gasteiger partial charge < -0.3 is 9.47 Å². The monoisotopic (exact) mass is 322 g/mol. The van der Waals surface area contributed by atoms with E-state index in [0.29, 0.717) is 50.5 Å². The Bertz CT molecular complexity index is 486. The van der Waals surface area contributed by atoms with Crippen LogP contribution in [-0.2, 0) is 19.1 Å². The first-order chi connectivity index (χ1) is 10.7. The normalized spacial score (nSPS) is 37.6. The van der Waals surface area contributed by atoms with E-state index in [2.05, 4.69) is 13.8 Å². The Kier molecular flexibility index (Phi) is 4.43. The van der Waals surface area contributed by atoms with Crippen LogP contribution in [0.4, 0.5) is 0 Å². The average molecular weight is 322 g/mol. The fourth-order valence-corrected chi connectivity index (χ4v) is 4.41. The van der Waals surface area contributed by atoms with Crippen LogP contribution in [0, 0.1) is 16.7 Å². The van der Waals surface area contributed by atoms with Gasteiger partial charge >= 0.3 is 0 Å². The highest BCUT2D eigenvalue weighted by Crippen LogP contribution is 2.52.